The number of likely N-dealkylation sites (tertiary alicyclic amines) is 1. The molecule has 2 atom stereocenters. The minimum atomic E-state index is -0.328. The molecule has 2 aliphatic heterocycles. The van der Waals surface area contributed by atoms with Gasteiger partial charge in [0.05, 0.1) is 6.26 Å². The quantitative estimate of drug-likeness (QED) is 0.865. The lowest BCUT2D eigenvalue weighted by Crippen LogP contribution is -2.39. The number of hydrogen-bond donors (Lipinski definition) is 2. The normalized spacial score (nSPS) is 21.6. The fourth-order valence-corrected chi connectivity index (χ4v) is 3.64. The molecule has 3 heterocycles. The maximum absolute atomic E-state index is 12.9. The molecule has 26 heavy (non-hydrogen) atoms. The third kappa shape index (κ3) is 3.92. The number of fused-ring (bicyclic) bond motifs is 2. The van der Waals surface area contributed by atoms with E-state index in [1.54, 1.807) is 36.4 Å². The topological polar surface area (TPSA) is 74.6 Å². The molecule has 2 bridgehead atoms. The largest absolute Gasteiger partial charge is 0.459 e. The molecule has 2 unspecified atom stereocenters. The molecule has 6 nitrogen and oxygen atoms in total. The first-order valence-corrected chi connectivity index (χ1v) is 8.69. The van der Waals surface area contributed by atoms with Crippen molar-refractivity contribution in [3.05, 3.63) is 54.0 Å². The molecule has 0 aliphatic carbocycles. The van der Waals surface area contributed by atoms with Gasteiger partial charge in [0, 0.05) is 36.4 Å². The Balaban J connectivity index is 0.00000196. The zero-order valence-electron chi connectivity index (χ0n) is 14.3. The highest BCUT2D eigenvalue weighted by molar-refractivity contribution is 6.03. The Morgan fingerprint density at radius 1 is 1.12 bits per heavy atom. The van der Waals surface area contributed by atoms with Crippen LogP contribution in [0.2, 0.25) is 0 Å². The molecule has 1 aromatic carbocycles. The Bertz CT molecular complexity index is 778. The van der Waals surface area contributed by atoms with Gasteiger partial charge >= 0.3 is 0 Å². The van der Waals surface area contributed by atoms with Gasteiger partial charge < -0.3 is 20.0 Å². The summed E-state index contributed by atoms with van der Waals surface area (Å²) in [6.45, 7) is 1.52. The number of nitrogens with one attached hydrogen (secondary N) is 2. The first kappa shape index (κ1) is 18.5. The van der Waals surface area contributed by atoms with E-state index in [0.717, 1.165) is 25.9 Å². The first-order valence-electron chi connectivity index (χ1n) is 8.69. The average Bonchev–Trinajstić information content (AvgIpc) is 3.24. The number of furan rings is 1. The third-order valence-corrected chi connectivity index (χ3v) is 4.92. The van der Waals surface area contributed by atoms with Gasteiger partial charge in [0.25, 0.3) is 11.8 Å². The standard InChI is InChI=1S/C19H21N3O3.ClH/c23-18(17-5-2-10-25-17)21-15-4-1-3-13(11-15)19(24)22-9-8-14-6-7-16(12-22)20-14;/h1-5,10-11,14,16,20H,6-9,12H2,(H,21,23);1H. The van der Waals surface area contributed by atoms with Crippen molar-refractivity contribution in [3.63, 3.8) is 0 Å². The maximum Gasteiger partial charge on any atom is 0.291 e. The third-order valence-electron chi connectivity index (χ3n) is 4.92. The summed E-state index contributed by atoms with van der Waals surface area (Å²) >= 11 is 0. The van der Waals surface area contributed by atoms with Gasteiger partial charge in [-0.25, -0.2) is 0 Å². The minimum Gasteiger partial charge on any atom is -0.459 e. The number of anilines is 1. The molecule has 2 aliphatic rings. The fourth-order valence-electron chi connectivity index (χ4n) is 3.64. The highest BCUT2D eigenvalue weighted by Gasteiger charge is 2.31. The van der Waals surface area contributed by atoms with Crippen molar-refractivity contribution in [2.24, 2.45) is 0 Å². The lowest BCUT2D eigenvalue weighted by atomic mass is 10.1. The fraction of sp³-hybridized carbons (Fsp3) is 0.368. The minimum absolute atomic E-state index is 0. The van der Waals surface area contributed by atoms with Crippen LogP contribution < -0.4 is 10.6 Å². The number of carbonyl (C=O) groups is 2. The number of halogens is 1. The maximum atomic E-state index is 12.9. The predicted octanol–water partition coefficient (Wildman–Crippen LogP) is 2.92. The summed E-state index contributed by atoms with van der Waals surface area (Å²) in [6.07, 6.45) is 4.79. The van der Waals surface area contributed by atoms with E-state index in [1.807, 2.05) is 4.90 Å². The Labute approximate surface area is 158 Å². The second-order valence-electron chi connectivity index (χ2n) is 6.69. The lowest BCUT2D eigenvalue weighted by Gasteiger charge is -2.24. The SMILES string of the molecule is Cl.O=C(Nc1cccc(C(=O)N2CCC3CCC(C2)N3)c1)c1ccco1. The van der Waals surface area contributed by atoms with E-state index < -0.39 is 0 Å². The molecule has 4 rings (SSSR count). The lowest BCUT2D eigenvalue weighted by molar-refractivity contribution is 0.0748. The van der Waals surface area contributed by atoms with Crippen LogP contribution in [0, 0.1) is 0 Å². The Hall–Kier alpha value is -2.31. The summed E-state index contributed by atoms with van der Waals surface area (Å²) in [5, 5.41) is 6.35. The van der Waals surface area contributed by atoms with Crippen LogP contribution in [0.25, 0.3) is 0 Å². The molecular weight excluding hydrogens is 354 g/mol. The smallest absolute Gasteiger partial charge is 0.291 e. The average molecular weight is 376 g/mol. The summed E-state index contributed by atoms with van der Waals surface area (Å²) in [7, 11) is 0. The Morgan fingerprint density at radius 3 is 2.77 bits per heavy atom. The van der Waals surface area contributed by atoms with Crippen LogP contribution in [-0.2, 0) is 0 Å². The van der Waals surface area contributed by atoms with Gasteiger partial charge in [-0.05, 0) is 49.6 Å². The molecule has 7 heteroatoms. The monoisotopic (exact) mass is 375 g/mol. The highest BCUT2D eigenvalue weighted by atomic mass is 35.5. The van der Waals surface area contributed by atoms with Crippen LogP contribution in [-0.4, -0.2) is 41.9 Å². The molecule has 0 spiro atoms. The Kier molecular flexibility index (Phi) is 5.64. The summed E-state index contributed by atoms with van der Waals surface area (Å²) in [6, 6.07) is 11.3. The summed E-state index contributed by atoms with van der Waals surface area (Å²) in [4.78, 5) is 26.9. The van der Waals surface area contributed by atoms with E-state index in [0.29, 0.717) is 23.3 Å². The van der Waals surface area contributed by atoms with Crippen molar-refractivity contribution in [3.8, 4) is 0 Å². The van der Waals surface area contributed by atoms with Gasteiger partial charge in [-0.3, -0.25) is 9.59 Å². The highest BCUT2D eigenvalue weighted by Crippen LogP contribution is 2.22. The number of rotatable bonds is 3. The number of carbonyl (C=O) groups excluding carboxylic acids is 2. The van der Waals surface area contributed by atoms with Crippen molar-refractivity contribution in [1.82, 2.24) is 10.2 Å². The molecule has 2 saturated heterocycles. The Morgan fingerprint density at radius 2 is 1.96 bits per heavy atom. The molecule has 2 aromatic rings. The van der Waals surface area contributed by atoms with Crippen molar-refractivity contribution in [1.29, 1.82) is 0 Å². The molecule has 2 fully saturated rings. The zero-order valence-corrected chi connectivity index (χ0v) is 15.1. The van der Waals surface area contributed by atoms with Crippen LogP contribution >= 0.6 is 12.4 Å². The van der Waals surface area contributed by atoms with E-state index in [1.165, 1.54) is 12.7 Å². The van der Waals surface area contributed by atoms with Crippen LogP contribution in [0.5, 0.6) is 0 Å². The second kappa shape index (κ2) is 7.93. The van der Waals surface area contributed by atoms with E-state index in [2.05, 4.69) is 10.6 Å². The molecule has 0 saturated carbocycles. The number of nitrogens with zero attached hydrogens (tertiary/aromatic N) is 1. The molecule has 138 valence electrons. The van der Waals surface area contributed by atoms with Crippen LogP contribution in [0.1, 0.15) is 40.2 Å². The van der Waals surface area contributed by atoms with Crippen LogP contribution in [0.15, 0.2) is 47.1 Å². The summed E-state index contributed by atoms with van der Waals surface area (Å²) in [5.41, 5.74) is 1.18. The van der Waals surface area contributed by atoms with E-state index in [9.17, 15) is 9.59 Å². The summed E-state index contributed by atoms with van der Waals surface area (Å²) < 4.78 is 5.09. The van der Waals surface area contributed by atoms with E-state index in [4.69, 9.17) is 4.42 Å². The number of amides is 2. The molecule has 2 N–H and O–H groups in total. The van der Waals surface area contributed by atoms with Gasteiger partial charge in [-0.15, -0.1) is 12.4 Å². The van der Waals surface area contributed by atoms with Crippen LogP contribution in [0.4, 0.5) is 5.69 Å². The van der Waals surface area contributed by atoms with Crippen molar-refractivity contribution in [2.45, 2.75) is 31.3 Å². The van der Waals surface area contributed by atoms with Crippen LogP contribution in [0.3, 0.4) is 0 Å². The van der Waals surface area contributed by atoms with Gasteiger partial charge in [0.1, 0.15) is 0 Å². The molecule has 1 aromatic heterocycles. The summed E-state index contributed by atoms with van der Waals surface area (Å²) in [5.74, 6) is -0.0688. The predicted molar refractivity (Wildman–Crippen MR) is 101 cm³/mol. The van der Waals surface area contributed by atoms with Crippen molar-refractivity contribution in [2.75, 3.05) is 18.4 Å². The number of benzene rings is 1. The zero-order chi connectivity index (χ0) is 17.2. The van der Waals surface area contributed by atoms with E-state index in [-0.39, 0.29) is 30.0 Å². The second-order valence-corrected chi connectivity index (χ2v) is 6.69. The molecular formula is C19H22ClN3O3. The van der Waals surface area contributed by atoms with Gasteiger partial charge in [0.15, 0.2) is 5.76 Å². The molecule has 2 amide bonds. The van der Waals surface area contributed by atoms with Crippen molar-refractivity contribution >= 4 is 29.9 Å². The van der Waals surface area contributed by atoms with Gasteiger partial charge in [-0.2, -0.15) is 0 Å². The van der Waals surface area contributed by atoms with Gasteiger partial charge in [-0.1, -0.05) is 6.07 Å². The van der Waals surface area contributed by atoms with Crippen molar-refractivity contribution < 1.29 is 14.0 Å². The van der Waals surface area contributed by atoms with E-state index >= 15 is 0 Å². The number of hydrogen-bond acceptors (Lipinski definition) is 4. The first-order chi connectivity index (χ1) is 12.2. The molecule has 0 radical (unpaired) electrons. The van der Waals surface area contributed by atoms with Gasteiger partial charge in [0.2, 0.25) is 0 Å².